The molecule has 2 aromatic rings. The minimum absolute atomic E-state index is 0.0254. The molecule has 2 atom stereocenters. The highest BCUT2D eigenvalue weighted by Crippen LogP contribution is 2.39. The van der Waals surface area contributed by atoms with Crippen LogP contribution < -0.4 is 10.1 Å². The third kappa shape index (κ3) is 3.16. The number of ether oxygens (including phenoxy) is 2. The second-order valence-corrected chi connectivity index (χ2v) is 7.40. The molecule has 1 N–H and O–H groups in total. The van der Waals surface area contributed by atoms with Crippen LogP contribution in [0.1, 0.15) is 12.0 Å². The van der Waals surface area contributed by atoms with Gasteiger partial charge in [-0.1, -0.05) is 11.6 Å². The fourth-order valence-electron chi connectivity index (χ4n) is 3.20. The summed E-state index contributed by atoms with van der Waals surface area (Å²) in [5.74, 6) is 0.777. The van der Waals surface area contributed by atoms with Gasteiger partial charge < -0.3 is 14.8 Å². The fraction of sp³-hybridized carbons (Fsp3) is 0.389. The van der Waals surface area contributed by atoms with E-state index in [0.29, 0.717) is 24.8 Å². The van der Waals surface area contributed by atoms with Crippen molar-refractivity contribution in [1.82, 2.24) is 5.32 Å². The summed E-state index contributed by atoms with van der Waals surface area (Å²) in [6, 6.07) is 6.16. The number of hydrogen-bond donors (Lipinski definition) is 1. The smallest absolute Gasteiger partial charge is 0.225 e. The summed E-state index contributed by atoms with van der Waals surface area (Å²) in [7, 11) is 0. The molecule has 3 heterocycles. The summed E-state index contributed by atoms with van der Waals surface area (Å²) in [5.41, 5.74) is 3.38. The van der Waals surface area contributed by atoms with Crippen molar-refractivity contribution in [2.24, 2.45) is 5.92 Å². The van der Waals surface area contributed by atoms with Gasteiger partial charge in [0, 0.05) is 18.6 Å². The minimum atomic E-state index is -0.0681. The van der Waals surface area contributed by atoms with Crippen molar-refractivity contribution in [3.05, 3.63) is 39.5 Å². The zero-order chi connectivity index (χ0) is 16.5. The Morgan fingerprint density at radius 1 is 1.38 bits per heavy atom. The number of halogens is 1. The summed E-state index contributed by atoms with van der Waals surface area (Å²) in [6.45, 7) is 1.69. The van der Waals surface area contributed by atoms with Crippen molar-refractivity contribution >= 4 is 28.8 Å². The number of fused-ring (bicyclic) bond motifs is 1. The van der Waals surface area contributed by atoms with E-state index in [0.717, 1.165) is 29.7 Å². The standard InChI is InChI=1S/C18H18ClNO3S/c19-16-7-13(12-2-4-24-10-12)5-14-6-15(23-17(14)16)8-20-18(21)11-1-3-22-9-11/h2,4-5,7,10-11,15H,1,3,6,8-9H2,(H,20,21)/t11-,15-/m1/s1. The molecular formula is C18H18ClNO3S. The van der Waals surface area contributed by atoms with Gasteiger partial charge in [0.25, 0.3) is 0 Å². The highest BCUT2D eigenvalue weighted by molar-refractivity contribution is 7.08. The lowest BCUT2D eigenvalue weighted by molar-refractivity contribution is -0.125. The summed E-state index contributed by atoms with van der Waals surface area (Å²) in [6.07, 6.45) is 1.49. The Labute approximate surface area is 149 Å². The van der Waals surface area contributed by atoms with Gasteiger partial charge in [0.15, 0.2) is 0 Å². The number of carbonyl (C=O) groups excluding carboxylic acids is 1. The van der Waals surface area contributed by atoms with E-state index >= 15 is 0 Å². The zero-order valence-electron chi connectivity index (χ0n) is 13.1. The molecule has 6 heteroatoms. The van der Waals surface area contributed by atoms with Gasteiger partial charge in [-0.3, -0.25) is 4.79 Å². The molecule has 4 rings (SSSR count). The zero-order valence-corrected chi connectivity index (χ0v) is 14.7. The van der Waals surface area contributed by atoms with Gasteiger partial charge in [-0.05, 0) is 46.5 Å². The second kappa shape index (κ2) is 6.75. The Hall–Kier alpha value is -1.56. The van der Waals surface area contributed by atoms with Crippen LogP contribution in [-0.2, 0) is 16.0 Å². The Kier molecular flexibility index (Phi) is 4.48. The molecule has 24 heavy (non-hydrogen) atoms. The predicted octanol–water partition coefficient (Wildman–Crippen LogP) is 3.52. The van der Waals surface area contributed by atoms with Crippen LogP contribution in [0, 0.1) is 5.92 Å². The Morgan fingerprint density at radius 3 is 3.04 bits per heavy atom. The number of thiophene rings is 1. The Morgan fingerprint density at radius 2 is 2.29 bits per heavy atom. The van der Waals surface area contributed by atoms with Crippen LogP contribution in [-0.4, -0.2) is 31.8 Å². The van der Waals surface area contributed by atoms with E-state index < -0.39 is 0 Å². The maximum atomic E-state index is 12.1. The van der Waals surface area contributed by atoms with Gasteiger partial charge in [-0.25, -0.2) is 0 Å². The number of nitrogens with one attached hydrogen (secondary N) is 1. The van der Waals surface area contributed by atoms with Crippen LogP contribution in [0.3, 0.4) is 0 Å². The van der Waals surface area contributed by atoms with Crippen molar-refractivity contribution in [2.75, 3.05) is 19.8 Å². The van der Waals surface area contributed by atoms with E-state index in [9.17, 15) is 4.79 Å². The molecule has 0 bridgehead atoms. The largest absolute Gasteiger partial charge is 0.486 e. The van der Waals surface area contributed by atoms with E-state index in [-0.39, 0.29) is 17.9 Å². The van der Waals surface area contributed by atoms with Crippen molar-refractivity contribution < 1.29 is 14.3 Å². The average Bonchev–Trinajstić information content (AvgIpc) is 3.32. The molecule has 1 aromatic heterocycles. The van der Waals surface area contributed by atoms with Crippen LogP contribution in [0.2, 0.25) is 5.02 Å². The van der Waals surface area contributed by atoms with Crippen LogP contribution in [0.4, 0.5) is 0 Å². The summed E-state index contributed by atoms with van der Waals surface area (Å²) in [4.78, 5) is 12.1. The van der Waals surface area contributed by atoms with Crippen LogP contribution >= 0.6 is 22.9 Å². The first kappa shape index (κ1) is 15.9. The summed E-state index contributed by atoms with van der Waals surface area (Å²) in [5, 5.41) is 7.77. The molecule has 1 saturated heterocycles. The average molecular weight is 364 g/mol. The molecule has 2 aliphatic rings. The topological polar surface area (TPSA) is 47.6 Å². The third-order valence-electron chi connectivity index (χ3n) is 4.51. The lowest BCUT2D eigenvalue weighted by Crippen LogP contribution is -2.38. The SMILES string of the molecule is O=C(NC[C@H]1Cc2cc(-c3ccsc3)cc(Cl)c2O1)[C@@H]1CCOC1. The maximum absolute atomic E-state index is 12.1. The normalized spacial score (nSPS) is 22.2. The Balaban J connectivity index is 1.42. The van der Waals surface area contributed by atoms with Gasteiger partial charge in [-0.15, -0.1) is 0 Å². The molecule has 0 aliphatic carbocycles. The van der Waals surface area contributed by atoms with E-state index in [1.54, 1.807) is 11.3 Å². The fourth-order valence-corrected chi connectivity index (χ4v) is 4.15. The van der Waals surface area contributed by atoms with Crippen LogP contribution in [0.5, 0.6) is 5.75 Å². The lowest BCUT2D eigenvalue weighted by atomic mass is 10.0. The van der Waals surface area contributed by atoms with Crippen molar-refractivity contribution in [3.63, 3.8) is 0 Å². The van der Waals surface area contributed by atoms with Crippen LogP contribution in [0.15, 0.2) is 29.0 Å². The first-order chi connectivity index (χ1) is 11.7. The molecule has 2 aliphatic heterocycles. The molecular weight excluding hydrogens is 346 g/mol. The molecule has 1 aromatic carbocycles. The van der Waals surface area contributed by atoms with Crippen LogP contribution in [0.25, 0.3) is 11.1 Å². The van der Waals surface area contributed by atoms with E-state index in [4.69, 9.17) is 21.1 Å². The molecule has 1 amide bonds. The molecule has 1 fully saturated rings. The molecule has 0 radical (unpaired) electrons. The highest BCUT2D eigenvalue weighted by Gasteiger charge is 2.28. The van der Waals surface area contributed by atoms with Crippen molar-refractivity contribution in [1.29, 1.82) is 0 Å². The van der Waals surface area contributed by atoms with Gasteiger partial charge in [0.1, 0.15) is 11.9 Å². The highest BCUT2D eigenvalue weighted by atomic mass is 35.5. The Bertz CT molecular complexity index is 741. The van der Waals surface area contributed by atoms with E-state index in [2.05, 4.69) is 28.2 Å². The first-order valence-corrected chi connectivity index (χ1v) is 9.40. The summed E-state index contributed by atoms with van der Waals surface area (Å²) < 4.78 is 11.2. The first-order valence-electron chi connectivity index (χ1n) is 8.08. The molecule has 0 spiro atoms. The van der Waals surface area contributed by atoms with Gasteiger partial charge in [0.2, 0.25) is 5.91 Å². The second-order valence-electron chi connectivity index (χ2n) is 6.21. The van der Waals surface area contributed by atoms with E-state index in [1.807, 2.05) is 6.07 Å². The molecule has 126 valence electrons. The quantitative estimate of drug-likeness (QED) is 0.904. The van der Waals surface area contributed by atoms with Crippen molar-refractivity contribution in [2.45, 2.75) is 18.9 Å². The van der Waals surface area contributed by atoms with Gasteiger partial charge >= 0.3 is 0 Å². The monoisotopic (exact) mass is 363 g/mol. The van der Waals surface area contributed by atoms with E-state index in [1.165, 1.54) is 5.56 Å². The van der Waals surface area contributed by atoms with Crippen molar-refractivity contribution in [3.8, 4) is 16.9 Å². The minimum Gasteiger partial charge on any atom is -0.486 e. The number of rotatable bonds is 4. The van der Waals surface area contributed by atoms with Gasteiger partial charge in [-0.2, -0.15) is 11.3 Å². The molecule has 0 saturated carbocycles. The number of amides is 1. The summed E-state index contributed by atoms with van der Waals surface area (Å²) >= 11 is 8.06. The lowest BCUT2D eigenvalue weighted by Gasteiger charge is -2.14. The number of benzene rings is 1. The molecule has 0 unspecified atom stereocenters. The molecule has 4 nitrogen and oxygen atoms in total. The number of hydrogen-bond acceptors (Lipinski definition) is 4. The maximum Gasteiger partial charge on any atom is 0.225 e. The number of carbonyl (C=O) groups is 1. The van der Waals surface area contributed by atoms with Gasteiger partial charge in [0.05, 0.1) is 24.1 Å². The predicted molar refractivity (Wildman–Crippen MR) is 94.8 cm³/mol. The third-order valence-corrected chi connectivity index (χ3v) is 5.48.